The number of hydrogen-bond donors (Lipinski definition) is 0. The van der Waals surface area contributed by atoms with Crippen molar-refractivity contribution in [2.75, 3.05) is 7.11 Å². The lowest BCUT2D eigenvalue weighted by molar-refractivity contribution is -0.462. The Labute approximate surface area is 196 Å². The Morgan fingerprint density at radius 2 is 0.973 bits per heavy atom. The molecule has 0 aromatic heterocycles. The lowest BCUT2D eigenvalue weighted by Crippen LogP contribution is -2.74. The highest BCUT2D eigenvalue weighted by Gasteiger charge is 2.95. The van der Waals surface area contributed by atoms with E-state index in [4.69, 9.17) is 0 Å². The van der Waals surface area contributed by atoms with E-state index in [9.17, 15) is 74.6 Å². The summed E-state index contributed by atoms with van der Waals surface area (Å²) in [5.74, 6) is -56.6. The van der Waals surface area contributed by atoms with E-state index in [2.05, 4.69) is 4.74 Å². The van der Waals surface area contributed by atoms with Gasteiger partial charge >= 0.3 is 47.6 Å². The van der Waals surface area contributed by atoms with Gasteiger partial charge in [-0.1, -0.05) is 29.8 Å². The standard InChI is InChI=1S/C19H15F17O/c1-9-5-4-6-10(7-9)11(2,37-3)8-12(20,21)13(22,23)14(24,25)15(26,27)16(28,29)17(30,31)18(32,33)19(34,35)36/h4-7H,8H2,1-3H3. The van der Waals surface area contributed by atoms with Crippen LogP contribution in [0.25, 0.3) is 0 Å². The third-order valence-electron chi connectivity index (χ3n) is 5.43. The minimum absolute atomic E-state index is 0.236. The van der Waals surface area contributed by atoms with Crippen molar-refractivity contribution in [2.24, 2.45) is 0 Å². The summed E-state index contributed by atoms with van der Waals surface area (Å²) in [6, 6.07) is 4.31. The summed E-state index contributed by atoms with van der Waals surface area (Å²) in [6.07, 6.45) is -10.5. The van der Waals surface area contributed by atoms with Gasteiger partial charge in [0.1, 0.15) is 0 Å². The van der Waals surface area contributed by atoms with E-state index in [1.165, 1.54) is 13.0 Å². The second-order valence-electron chi connectivity index (χ2n) is 8.13. The van der Waals surface area contributed by atoms with Crippen molar-refractivity contribution in [1.29, 1.82) is 0 Å². The average molecular weight is 582 g/mol. The number of ether oxygens (including phenoxy) is 1. The molecule has 1 aromatic rings. The third kappa shape index (κ3) is 4.70. The molecule has 1 nitrogen and oxygen atoms in total. The van der Waals surface area contributed by atoms with Crippen molar-refractivity contribution >= 4 is 0 Å². The van der Waals surface area contributed by atoms with Crippen LogP contribution in [0.15, 0.2) is 24.3 Å². The summed E-state index contributed by atoms with van der Waals surface area (Å²) in [6.45, 7) is 1.86. The first-order valence-corrected chi connectivity index (χ1v) is 9.35. The molecule has 0 aliphatic heterocycles. The van der Waals surface area contributed by atoms with Gasteiger partial charge in [-0.2, -0.15) is 74.6 Å². The van der Waals surface area contributed by atoms with E-state index < -0.39 is 65.2 Å². The second kappa shape index (κ2) is 9.03. The Kier molecular flexibility index (Phi) is 8.06. The summed E-state index contributed by atoms with van der Waals surface area (Å²) in [5, 5.41) is 0. The van der Waals surface area contributed by atoms with E-state index in [0.29, 0.717) is 14.0 Å². The summed E-state index contributed by atoms with van der Waals surface area (Å²) >= 11 is 0. The van der Waals surface area contributed by atoms with Crippen LogP contribution in [0.4, 0.5) is 74.6 Å². The molecule has 0 aliphatic carbocycles. The smallest absolute Gasteiger partial charge is 0.374 e. The highest BCUT2D eigenvalue weighted by atomic mass is 19.4. The number of benzene rings is 1. The molecule has 1 unspecified atom stereocenters. The van der Waals surface area contributed by atoms with Crippen molar-refractivity contribution < 1.29 is 79.4 Å². The Bertz CT molecular complexity index is 966. The first-order valence-electron chi connectivity index (χ1n) is 9.35. The lowest BCUT2D eigenvalue weighted by Gasteiger charge is -2.44. The molecule has 0 N–H and O–H groups in total. The molecular weight excluding hydrogens is 567 g/mol. The van der Waals surface area contributed by atoms with Gasteiger partial charge in [0.15, 0.2) is 0 Å². The first-order chi connectivity index (χ1) is 16.0. The Morgan fingerprint density at radius 1 is 0.595 bits per heavy atom. The van der Waals surface area contributed by atoms with Crippen LogP contribution in [0, 0.1) is 6.92 Å². The number of halogens is 17. The third-order valence-corrected chi connectivity index (χ3v) is 5.43. The predicted octanol–water partition coefficient (Wildman–Crippen LogP) is 8.26. The molecule has 0 saturated heterocycles. The topological polar surface area (TPSA) is 9.23 Å². The summed E-state index contributed by atoms with van der Waals surface area (Å²) < 4.78 is 233. The fourth-order valence-electron chi connectivity index (χ4n) is 3.00. The van der Waals surface area contributed by atoms with Gasteiger partial charge in [-0.15, -0.1) is 0 Å². The van der Waals surface area contributed by atoms with Crippen molar-refractivity contribution in [1.82, 2.24) is 0 Å². The number of hydrogen-bond acceptors (Lipinski definition) is 1. The van der Waals surface area contributed by atoms with Crippen LogP contribution in [0.5, 0.6) is 0 Å². The van der Waals surface area contributed by atoms with Gasteiger partial charge < -0.3 is 4.74 Å². The van der Waals surface area contributed by atoms with Crippen LogP contribution in [0.3, 0.4) is 0 Å². The van der Waals surface area contributed by atoms with Gasteiger partial charge in [-0.25, -0.2) is 0 Å². The SMILES string of the molecule is COC(C)(CC(F)(F)C(F)(F)C(F)(F)C(F)(F)C(F)(F)C(F)(F)C(F)(F)C(F)(F)F)c1cccc(C)c1. The van der Waals surface area contributed by atoms with Crippen molar-refractivity contribution in [3.63, 3.8) is 0 Å². The molecule has 0 radical (unpaired) electrons. The first kappa shape index (κ1) is 33.0. The fourth-order valence-corrected chi connectivity index (χ4v) is 3.00. The van der Waals surface area contributed by atoms with Crippen LogP contribution in [-0.2, 0) is 10.3 Å². The Morgan fingerprint density at radius 3 is 1.32 bits per heavy atom. The molecule has 0 heterocycles. The van der Waals surface area contributed by atoms with E-state index in [-0.39, 0.29) is 5.56 Å². The summed E-state index contributed by atoms with van der Waals surface area (Å²) in [4.78, 5) is 0. The zero-order valence-corrected chi connectivity index (χ0v) is 18.4. The van der Waals surface area contributed by atoms with Crippen molar-refractivity contribution in [3.05, 3.63) is 35.4 Å². The van der Waals surface area contributed by atoms with E-state index in [1.54, 1.807) is 0 Å². The quantitative estimate of drug-likeness (QED) is 0.253. The molecule has 1 atom stereocenters. The molecule has 0 fully saturated rings. The van der Waals surface area contributed by atoms with E-state index in [0.717, 1.165) is 18.2 Å². The molecule has 0 bridgehead atoms. The van der Waals surface area contributed by atoms with Gasteiger partial charge in [0.25, 0.3) is 0 Å². The minimum Gasteiger partial charge on any atom is -0.374 e. The minimum atomic E-state index is -8.65. The highest BCUT2D eigenvalue weighted by Crippen LogP contribution is 2.64. The fraction of sp³-hybridized carbons (Fsp3) is 0.684. The van der Waals surface area contributed by atoms with Gasteiger partial charge in [-0.05, 0) is 19.4 Å². The Hall–Kier alpha value is -2.01. The molecule has 1 aromatic carbocycles. The number of methoxy groups -OCH3 is 1. The van der Waals surface area contributed by atoms with Crippen molar-refractivity contribution in [3.8, 4) is 0 Å². The molecule has 18 heteroatoms. The predicted molar refractivity (Wildman–Crippen MR) is 90.8 cm³/mol. The molecule has 216 valence electrons. The molecule has 0 amide bonds. The zero-order valence-electron chi connectivity index (χ0n) is 18.4. The van der Waals surface area contributed by atoms with Crippen molar-refractivity contribution in [2.45, 2.75) is 73.5 Å². The average Bonchev–Trinajstić information content (AvgIpc) is 2.71. The maximum absolute atomic E-state index is 14.4. The van der Waals surface area contributed by atoms with Crippen LogP contribution in [-0.4, -0.2) is 54.7 Å². The molecule has 0 saturated carbocycles. The lowest BCUT2D eigenvalue weighted by atomic mass is 9.83. The molecular formula is C19H15F17O. The summed E-state index contributed by atoms with van der Waals surface area (Å²) in [5.41, 5.74) is -3.00. The molecule has 0 aliphatic rings. The van der Waals surface area contributed by atoms with Gasteiger partial charge in [-0.3, -0.25) is 0 Å². The maximum Gasteiger partial charge on any atom is 0.460 e. The van der Waals surface area contributed by atoms with Gasteiger partial charge in [0, 0.05) is 7.11 Å². The van der Waals surface area contributed by atoms with Crippen LogP contribution in [0.2, 0.25) is 0 Å². The highest BCUT2D eigenvalue weighted by molar-refractivity contribution is 5.28. The largest absolute Gasteiger partial charge is 0.460 e. The molecule has 0 spiro atoms. The number of alkyl halides is 17. The second-order valence-corrected chi connectivity index (χ2v) is 8.13. The van der Waals surface area contributed by atoms with Crippen LogP contribution in [0.1, 0.15) is 24.5 Å². The van der Waals surface area contributed by atoms with E-state index >= 15 is 0 Å². The number of aryl methyl sites for hydroxylation is 1. The maximum atomic E-state index is 14.4. The monoisotopic (exact) mass is 582 g/mol. The zero-order chi connectivity index (χ0) is 29.9. The normalized spacial score (nSPS) is 17.1. The number of rotatable bonds is 10. The Balaban J connectivity index is 3.67. The van der Waals surface area contributed by atoms with E-state index in [1.807, 2.05) is 0 Å². The summed E-state index contributed by atoms with van der Waals surface area (Å²) in [7, 11) is 0.553. The van der Waals surface area contributed by atoms with Gasteiger partial charge in [0.2, 0.25) is 0 Å². The molecule has 1 rings (SSSR count). The van der Waals surface area contributed by atoms with Gasteiger partial charge in [0.05, 0.1) is 12.0 Å². The molecule has 37 heavy (non-hydrogen) atoms. The van der Waals surface area contributed by atoms with Crippen LogP contribution >= 0.6 is 0 Å². The van der Waals surface area contributed by atoms with Crippen LogP contribution < -0.4 is 0 Å².